The Morgan fingerprint density at radius 3 is 2.52 bits per heavy atom. The van der Waals surface area contributed by atoms with E-state index in [1.54, 1.807) is 0 Å². The zero-order valence-electron chi connectivity index (χ0n) is 14.6. The van der Waals surface area contributed by atoms with E-state index in [1.807, 2.05) is 6.20 Å². The van der Waals surface area contributed by atoms with E-state index >= 15 is 0 Å². The van der Waals surface area contributed by atoms with Crippen LogP contribution in [0.25, 0.3) is 0 Å². The van der Waals surface area contributed by atoms with Gasteiger partial charge in [0.2, 0.25) is 5.91 Å². The number of hydrogen-bond acceptors (Lipinski definition) is 3. The molecule has 0 radical (unpaired) electrons. The molecule has 1 aliphatic carbocycles. The van der Waals surface area contributed by atoms with Gasteiger partial charge in [-0.1, -0.05) is 26.7 Å². The molecule has 0 unspecified atom stereocenters. The van der Waals surface area contributed by atoms with E-state index in [9.17, 15) is 4.79 Å². The second-order valence-corrected chi connectivity index (χ2v) is 7.28. The van der Waals surface area contributed by atoms with Gasteiger partial charge in [-0.15, -0.1) is 0 Å². The average Bonchev–Trinajstić information content (AvgIpc) is 3.24. The monoisotopic (exact) mass is 318 g/mol. The van der Waals surface area contributed by atoms with E-state index < -0.39 is 0 Å². The molecule has 0 bridgehead atoms. The molecule has 0 atom stereocenters. The maximum atomic E-state index is 12.5. The summed E-state index contributed by atoms with van der Waals surface area (Å²) in [5.74, 6) is 2.37. The van der Waals surface area contributed by atoms with E-state index in [0.717, 1.165) is 52.1 Å². The highest BCUT2D eigenvalue weighted by molar-refractivity contribution is 5.79. The number of nitrogens with zero attached hydrogens (tertiary/aromatic N) is 4. The number of imidazole rings is 1. The van der Waals surface area contributed by atoms with Crippen LogP contribution < -0.4 is 0 Å². The van der Waals surface area contributed by atoms with Gasteiger partial charge in [-0.3, -0.25) is 9.69 Å². The topological polar surface area (TPSA) is 41.4 Å². The summed E-state index contributed by atoms with van der Waals surface area (Å²) in [6, 6.07) is 0. The quantitative estimate of drug-likeness (QED) is 0.837. The van der Waals surface area contributed by atoms with E-state index in [4.69, 9.17) is 0 Å². The number of carbonyl (C=O) groups excluding carboxylic acids is 1. The molecule has 5 heteroatoms. The molecule has 1 aromatic heterocycles. The fourth-order valence-corrected chi connectivity index (χ4v) is 3.88. The molecule has 23 heavy (non-hydrogen) atoms. The van der Waals surface area contributed by atoms with Crippen LogP contribution in [0, 0.1) is 5.92 Å². The Bertz CT molecular complexity index is 511. The van der Waals surface area contributed by atoms with E-state index in [-0.39, 0.29) is 0 Å². The van der Waals surface area contributed by atoms with Gasteiger partial charge < -0.3 is 9.47 Å². The molecule has 5 nitrogen and oxygen atoms in total. The molecule has 0 N–H and O–H groups in total. The highest BCUT2D eigenvalue weighted by Gasteiger charge is 2.29. The predicted octanol–water partition coefficient (Wildman–Crippen LogP) is 2.34. The zero-order valence-corrected chi connectivity index (χ0v) is 14.6. The van der Waals surface area contributed by atoms with Crippen molar-refractivity contribution in [2.75, 3.05) is 32.7 Å². The third kappa shape index (κ3) is 3.94. The van der Waals surface area contributed by atoms with Gasteiger partial charge in [0.05, 0.1) is 0 Å². The molecule has 128 valence electrons. The van der Waals surface area contributed by atoms with Crippen LogP contribution >= 0.6 is 0 Å². The lowest BCUT2D eigenvalue weighted by Gasteiger charge is -2.36. The van der Waals surface area contributed by atoms with Crippen LogP contribution in [0.15, 0.2) is 12.4 Å². The third-order valence-corrected chi connectivity index (χ3v) is 5.31. The SMILES string of the molecule is CC(C)c1nccn1CCN1CCN(C(=O)C2CCCC2)CC1. The maximum Gasteiger partial charge on any atom is 0.225 e. The number of aromatic nitrogens is 2. The summed E-state index contributed by atoms with van der Waals surface area (Å²) >= 11 is 0. The lowest BCUT2D eigenvalue weighted by molar-refractivity contribution is -0.137. The van der Waals surface area contributed by atoms with Crippen molar-refractivity contribution in [1.82, 2.24) is 19.4 Å². The Kier molecular flexibility index (Phi) is 5.36. The van der Waals surface area contributed by atoms with E-state index in [1.165, 1.54) is 18.7 Å². The Labute approximate surface area is 139 Å². The number of hydrogen-bond donors (Lipinski definition) is 0. The van der Waals surface area contributed by atoms with Crippen molar-refractivity contribution in [2.24, 2.45) is 5.92 Å². The molecule has 0 aromatic carbocycles. The van der Waals surface area contributed by atoms with Crippen molar-refractivity contribution in [3.8, 4) is 0 Å². The fourth-order valence-electron chi connectivity index (χ4n) is 3.88. The molecule has 1 aromatic rings. The molecule has 0 spiro atoms. The standard InChI is InChI=1S/C18H30N4O/c1-15(2)17-19-7-8-21(17)12-9-20-10-13-22(14-11-20)18(23)16-5-3-4-6-16/h7-8,15-16H,3-6,9-14H2,1-2H3. The van der Waals surface area contributed by atoms with Crippen LogP contribution in [-0.2, 0) is 11.3 Å². The molecule has 1 saturated carbocycles. The third-order valence-electron chi connectivity index (χ3n) is 5.31. The summed E-state index contributed by atoms with van der Waals surface area (Å²) in [6.07, 6.45) is 8.66. The van der Waals surface area contributed by atoms with Gasteiger partial charge in [0.1, 0.15) is 5.82 Å². The second kappa shape index (κ2) is 7.47. The van der Waals surface area contributed by atoms with Gasteiger partial charge in [0.15, 0.2) is 0 Å². The van der Waals surface area contributed by atoms with Gasteiger partial charge in [0, 0.05) is 63.5 Å². The van der Waals surface area contributed by atoms with Crippen LogP contribution in [0.1, 0.15) is 51.3 Å². The van der Waals surface area contributed by atoms with Crippen molar-refractivity contribution >= 4 is 5.91 Å². The lowest BCUT2D eigenvalue weighted by Crippen LogP contribution is -2.50. The van der Waals surface area contributed by atoms with Crippen LogP contribution in [-0.4, -0.2) is 58.0 Å². The van der Waals surface area contributed by atoms with Crippen LogP contribution in [0.5, 0.6) is 0 Å². The van der Waals surface area contributed by atoms with Crippen LogP contribution in [0.3, 0.4) is 0 Å². The van der Waals surface area contributed by atoms with Crippen molar-refractivity contribution in [2.45, 2.75) is 52.0 Å². The molecule has 1 saturated heterocycles. The van der Waals surface area contributed by atoms with Crippen molar-refractivity contribution in [3.63, 3.8) is 0 Å². The number of carbonyl (C=O) groups is 1. The zero-order chi connectivity index (χ0) is 16.2. The van der Waals surface area contributed by atoms with Crippen molar-refractivity contribution in [3.05, 3.63) is 18.2 Å². The minimum absolute atomic E-state index is 0.320. The Balaban J connectivity index is 1.44. The number of rotatable bonds is 5. The first-order chi connectivity index (χ1) is 11.1. The van der Waals surface area contributed by atoms with Gasteiger partial charge in [-0.25, -0.2) is 4.98 Å². The highest BCUT2D eigenvalue weighted by atomic mass is 16.2. The first kappa shape index (κ1) is 16.5. The summed E-state index contributed by atoms with van der Waals surface area (Å²) in [7, 11) is 0. The average molecular weight is 318 g/mol. The van der Waals surface area contributed by atoms with Crippen molar-refractivity contribution < 1.29 is 4.79 Å². The minimum Gasteiger partial charge on any atom is -0.340 e. The summed E-state index contributed by atoms with van der Waals surface area (Å²) in [5.41, 5.74) is 0. The minimum atomic E-state index is 0.320. The molecule has 3 rings (SSSR count). The second-order valence-electron chi connectivity index (χ2n) is 7.28. The normalized spacial score (nSPS) is 20.6. The molecule has 2 heterocycles. The maximum absolute atomic E-state index is 12.5. The Hall–Kier alpha value is -1.36. The molecule has 1 aliphatic heterocycles. The van der Waals surface area contributed by atoms with Crippen LogP contribution in [0.4, 0.5) is 0 Å². The smallest absolute Gasteiger partial charge is 0.225 e. The van der Waals surface area contributed by atoms with Crippen LogP contribution in [0.2, 0.25) is 0 Å². The van der Waals surface area contributed by atoms with Gasteiger partial charge in [0.25, 0.3) is 0 Å². The largest absolute Gasteiger partial charge is 0.340 e. The molecule has 2 fully saturated rings. The summed E-state index contributed by atoms with van der Waals surface area (Å²) in [6.45, 7) is 10.2. The number of piperazine rings is 1. The van der Waals surface area contributed by atoms with Gasteiger partial charge >= 0.3 is 0 Å². The summed E-state index contributed by atoms with van der Waals surface area (Å²) in [5, 5.41) is 0. The van der Waals surface area contributed by atoms with Gasteiger partial charge in [-0.05, 0) is 12.8 Å². The molecule has 2 aliphatic rings. The highest BCUT2D eigenvalue weighted by Crippen LogP contribution is 2.26. The predicted molar refractivity (Wildman–Crippen MR) is 91.3 cm³/mol. The van der Waals surface area contributed by atoms with E-state index in [2.05, 4.69) is 39.4 Å². The molecular weight excluding hydrogens is 288 g/mol. The molecule has 1 amide bonds. The Morgan fingerprint density at radius 1 is 1.17 bits per heavy atom. The first-order valence-corrected chi connectivity index (χ1v) is 9.17. The first-order valence-electron chi connectivity index (χ1n) is 9.17. The Morgan fingerprint density at radius 2 is 1.87 bits per heavy atom. The molecular formula is C18H30N4O. The van der Waals surface area contributed by atoms with E-state index in [0.29, 0.717) is 17.7 Å². The van der Waals surface area contributed by atoms with Gasteiger partial charge in [-0.2, -0.15) is 0 Å². The summed E-state index contributed by atoms with van der Waals surface area (Å²) < 4.78 is 2.26. The summed E-state index contributed by atoms with van der Waals surface area (Å²) in [4.78, 5) is 21.5. The fraction of sp³-hybridized carbons (Fsp3) is 0.778. The van der Waals surface area contributed by atoms with Crippen molar-refractivity contribution in [1.29, 1.82) is 0 Å². The lowest BCUT2D eigenvalue weighted by atomic mass is 10.1. The number of amides is 1.